The first-order valence-corrected chi connectivity index (χ1v) is 8.05. The fourth-order valence-corrected chi connectivity index (χ4v) is 3.47. The normalized spacial score (nSPS) is 21.0. The van der Waals surface area contributed by atoms with Crippen LogP contribution >= 0.6 is 11.3 Å². The number of amides is 1. The molecule has 6 nitrogen and oxygen atoms in total. The van der Waals surface area contributed by atoms with E-state index in [9.17, 15) is 19.5 Å². The van der Waals surface area contributed by atoms with Gasteiger partial charge in [0.2, 0.25) is 5.91 Å². The van der Waals surface area contributed by atoms with Gasteiger partial charge in [0.05, 0.1) is 18.7 Å². The van der Waals surface area contributed by atoms with E-state index in [0.717, 1.165) is 22.5 Å². The van der Waals surface area contributed by atoms with Gasteiger partial charge in [0.1, 0.15) is 4.88 Å². The van der Waals surface area contributed by atoms with Gasteiger partial charge in [0, 0.05) is 11.9 Å². The number of methoxy groups -OCH3 is 1. The van der Waals surface area contributed by atoms with Crippen LogP contribution < -0.4 is 10.4 Å². The van der Waals surface area contributed by atoms with Crippen LogP contribution in [0.5, 0.6) is 0 Å². The molecule has 1 aromatic rings. The van der Waals surface area contributed by atoms with Crippen LogP contribution in [0.2, 0.25) is 0 Å². The number of nitrogens with one attached hydrogen (secondary N) is 1. The second-order valence-electron chi connectivity index (χ2n) is 5.65. The molecule has 1 amide bonds. The van der Waals surface area contributed by atoms with E-state index in [-0.39, 0.29) is 4.88 Å². The molecule has 0 unspecified atom stereocenters. The number of ether oxygens (including phenoxy) is 1. The van der Waals surface area contributed by atoms with Crippen molar-refractivity contribution >= 4 is 34.9 Å². The van der Waals surface area contributed by atoms with Crippen molar-refractivity contribution in [2.75, 3.05) is 12.4 Å². The summed E-state index contributed by atoms with van der Waals surface area (Å²) in [6, 6.07) is 1.60. The molecular weight excluding hydrogens is 318 g/mol. The lowest BCUT2D eigenvalue weighted by atomic mass is 9.76. The van der Waals surface area contributed by atoms with Crippen LogP contribution in [0.15, 0.2) is 22.6 Å². The van der Waals surface area contributed by atoms with E-state index in [4.69, 9.17) is 0 Å². The average molecular weight is 336 g/mol. The van der Waals surface area contributed by atoms with E-state index in [2.05, 4.69) is 10.1 Å². The Labute approximate surface area is 138 Å². The number of carbonyl (C=O) groups is 3. The summed E-state index contributed by atoms with van der Waals surface area (Å²) in [5.74, 6) is -3.76. The number of esters is 1. The minimum atomic E-state index is -1.23. The van der Waals surface area contributed by atoms with Gasteiger partial charge in [-0.25, -0.2) is 4.79 Å². The quantitative estimate of drug-likeness (QED) is 0.665. The number of thiophene rings is 1. The molecule has 1 aromatic heterocycles. The molecule has 0 saturated heterocycles. The van der Waals surface area contributed by atoms with Gasteiger partial charge in [-0.3, -0.25) is 4.79 Å². The lowest BCUT2D eigenvalue weighted by Gasteiger charge is -2.32. The van der Waals surface area contributed by atoms with Crippen molar-refractivity contribution in [1.29, 1.82) is 0 Å². The summed E-state index contributed by atoms with van der Waals surface area (Å²) in [6.45, 7) is 3.76. The van der Waals surface area contributed by atoms with E-state index >= 15 is 0 Å². The van der Waals surface area contributed by atoms with Crippen molar-refractivity contribution in [2.45, 2.75) is 26.7 Å². The van der Waals surface area contributed by atoms with Crippen LogP contribution in [0.3, 0.4) is 0 Å². The minimum absolute atomic E-state index is 0.283. The molecule has 23 heavy (non-hydrogen) atoms. The molecule has 1 aliphatic carbocycles. The summed E-state index contributed by atoms with van der Waals surface area (Å²) in [4.78, 5) is 35.8. The van der Waals surface area contributed by atoms with E-state index in [1.165, 1.54) is 7.11 Å². The van der Waals surface area contributed by atoms with Gasteiger partial charge in [0.25, 0.3) is 0 Å². The SMILES string of the molecule is COC(=O)c1sccc1NC(=O)[C@@H]1CC(C)=C(C)C[C@@H]1C(=O)[O-]. The topological polar surface area (TPSA) is 95.5 Å². The van der Waals surface area contributed by atoms with Gasteiger partial charge >= 0.3 is 5.97 Å². The molecule has 1 aliphatic rings. The molecule has 1 heterocycles. The van der Waals surface area contributed by atoms with Crippen molar-refractivity contribution in [3.8, 4) is 0 Å². The molecule has 0 aromatic carbocycles. The summed E-state index contributed by atoms with van der Waals surface area (Å²) >= 11 is 1.15. The van der Waals surface area contributed by atoms with Crippen molar-refractivity contribution < 1.29 is 24.2 Å². The van der Waals surface area contributed by atoms with Crippen LogP contribution in [0.1, 0.15) is 36.4 Å². The lowest BCUT2D eigenvalue weighted by molar-refractivity contribution is -0.313. The van der Waals surface area contributed by atoms with Gasteiger partial charge in [-0.1, -0.05) is 11.1 Å². The summed E-state index contributed by atoms with van der Waals surface area (Å²) < 4.78 is 4.66. The first-order chi connectivity index (χ1) is 10.8. The van der Waals surface area contributed by atoms with Crippen LogP contribution in [-0.4, -0.2) is 25.0 Å². The molecule has 0 saturated carbocycles. The third-order valence-corrected chi connectivity index (χ3v) is 5.09. The number of carboxylic acids is 1. The first kappa shape index (κ1) is 17.2. The maximum absolute atomic E-state index is 12.5. The smallest absolute Gasteiger partial charge is 0.350 e. The Hall–Kier alpha value is -2.15. The van der Waals surface area contributed by atoms with Crippen molar-refractivity contribution in [2.24, 2.45) is 11.8 Å². The summed E-state index contributed by atoms with van der Waals surface area (Å²) in [7, 11) is 1.26. The highest BCUT2D eigenvalue weighted by atomic mass is 32.1. The molecule has 0 radical (unpaired) electrons. The molecule has 7 heteroatoms. The molecule has 0 fully saturated rings. The highest BCUT2D eigenvalue weighted by molar-refractivity contribution is 7.12. The molecular formula is C16H18NO5S-. The highest BCUT2D eigenvalue weighted by Crippen LogP contribution is 2.35. The minimum Gasteiger partial charge on any atom is -0.550 e. The lowest BCUT2D eigenvalue weighted by Crippen LogP contribution is -2.42. The zero-order valence-electron chi connectivity index (χ0n) is 13.2. The highest BCUT2D eigenvalue weighted by Gasteiger charge is 2.34. The Morgan fingerprint density at radius 3 is 2.39 bits per heavy atom. The second-order valence-corrected chi connectivity index (χ2v) is 6.56. The summed E-state index contributed by atoms with van der Waals surface area (Å²) in [5.41, 5.74) is 2.34. The van der Waals surface area contributed by atoms with E-state index < -0.39 is 29.7 Å². The molecule has 1 N–H and O–H groups in total. The van der Waals surface area contributed by atoms with Crippen LogP contribution in [0.4, 0.5) is 5.69 Å². The summed E-state index contributed by atoms with van der Waals surface area (Å²) in [6.07, 6.45) is 0.674. The fourth-order valence-electron chi connectivity index (χ4n) is 2.70. The van der Waals surface area contributed by atoms with Gasteiger partial charge in [0.15, 0.2) is 0 Å². The van der Waals surface area contributed by atoms with Crippen molar-refractivity contribution in [3.63, 3.8) is 0 Å². The number of anilines is 1. The van der Waals surface area contributed by atoms with Gasteiger partial charge in [-0.2, -0.15) is 0 Å². The number of allylic oxidation sites excluding steroid dienone is 2. The maximum Gasteiger partial charge on any atom is 0.350 e. The molecule has 0 bridgehead atoms. The first-order valence-electron chi connectivity index (χ1n) is 7.17. The fraction of sp³-hybridized carbons (Fsp3) is 0.438. The Kier molecular flexibility index (Phi) is 5.20. The molecule has 2 atom stereocenters. The molecule has 2 rings (SSSR count). The van der Waals surface area contributed by atoms with Crippen molar-refractivity contribution in [1.82, 2.24) is 0 Å². The van der Waals surface area contributed by atoms with Crippen LogP contribution in [0.25, 0.3) is 0 Å². The van der Waals surface area contributed by atoms with Gasteiger partial charge in [-0.05, 0) is 38.1 Å². The van der Waals surface area contributed by atoms with E-state index in [0.29, 0.717) is 18.5 Å². The average Bonchev–Trinajstić information content (AvgIpc) is 2.96. The van der Waals surface area contributed by atoms with Crippen LogP contribution in [-0.2, 0) is 14.3 Å². The third-order valence-electron chi connectivity index (χ3n) is 4.20. The standard InChI is InChI=1S/C16H19NO5S/c1-8-6-10(11(15(19)20)7-9(8)2)14(18)17-12-4-5-23-13(12)16(21)22-3/h4-5,10-11H,6-7H2,1-3H3,(H,17,18)(H,19,20)/p-1/t10-,11+/m1/s1. The number of hydrogen-bond acceptors (Lipinski definition) is 6. The Morgan fingerprint density at radius 2 is 1.83 bits per heavy atom. The Balaban J connectivity index is 2.21. The Morgan fingerprint density at radius 1 is 1.22 bits per heavy atom. The number of carboxylic acid groups (broad SMARTS) is 1. The van der Waals surface area contributed by atoms with Gasteiger partial charge < -0.3 is 20.0 Å². The van der Waals surface area contributed by atoms with Crippen molar-refractivity contribution in [3.05, 3.63) is 27.5 Å². The number of carbonyl (C=O) groups excluding carboxylic acids is 3. The molecule has 124 valence electrons. The largest absolute Gasteiger partial charge is 0.550 e. The van der Waals surface area contributed by atoms with Gasteiger partial charge in [-0.15, -0.1) is 11.3 Å². The monoisotopic (exact) mass is 336 g/mol. The predicted octanol–water partition coefficient (Wildman–Crippen LogP) is 1.59. The number of rotatable bonds is 4. The second kappa shape index (κ2) is 6.95. The maximum atomic E-state index is 12.5. The van der Waals surface area contributed by atoms with E-state index in [1.807, 2.05) is 13.8 Å². The molecule has 0 aliphatic heterocycles. The number of aliphatic carboxylic acids is 1. The third kappa shape index (κ3) is 3.61. The number of hydrogen-bond donors (Lipinski definition) is 1. The predicted molar refractivity (Wildman–Crippen MR) is 83.9 cm³/mol. The zero-order valence-corrected chi connectivity index (χ0v) is 14.0. The summed E-state index contributed by atoms with van der Waals surface area (Å²) in [5, 5.41) is 15.7. The molecule has 0 spiro atoms. The zero-order chi connectivity index (χ0) is 17.1. The Bertz CT molecular complexity index is 676. The van der Waals surface area contributed by atoms with Crippen LogP contribution in [0, 0.1) is 11.8 Å². The van der Waals surface area contributed by atoms with E-state index in [1.54, 1.807) is 11.4 Å².